The Labute approximate surface area is 170 Å². The lowest BCUT2D eigenvalue weighted by Gasteiger charge is -2.08. The maximum Gasteiger partial charge on any atom is 0.348 e. The number of anilines is 1. The standard InChI is InChI=1S/C19H19N5O4S/c1-4-27-19(26)15-14(13(6-20)16(21)29-15)9-28-18(25)12-5-11-8-23-24(10(2)3)17(11)22-7-12/h5,7-8,10H,4,9,21H2,1-3H3. The number of ether oxygens (including phenoxy) is 2. The number of hydrogen-bond donors (Lipinski definition) is 1. The molecule has 0 amide bonds. The highest BCUT2D eigenvalue weighted by Crippen LogP contribution is 2.32. The summed E-state index contributed by atoms with van der Waals surface area (Å²) in [6.07, 6.45) is 3.04. The molecular weight excluding hydrogens is 394 g/mol. The summed E-state index contributed by atoms with van der Waals surface area (Å²) in [7, 11) is 0. The van der Waals surface area contributed by atoms with E-state index in [4.69, 9.17) is 15.2 Å². The van der Waals surface area contributed by atoms with E-state index in [2.05, 4.69) is 10.1 Å². The molecule has 150 valence electrons. The molecule has 2 N–H and O–H groups in total. The number of nitrogen functional groups attached to an aromatic ring is 1. The van der Waals surface area contributed by atoms with Crippen molar-refractivity contribution in [2.75, 3.05) is 12.3 Å². The van der Waals surface area contributed by atoms with E-state index in [9.17, 15) is 14.9 Å². The van der Waals surface area contributed by atoms with Crippen molar-refractivity contribution >= 4 is 39.3 Å². The molecule has 0 radical (unpaired) electrons. The summed E-state index contributed by atoms with van der Waals surface area (Å²) < 4.78 is 12.1. The monoisotopic (exact) mass is 413 g/mol. The second-order valence-corrected chi connectivity index (χ2v) is 7.43. The van der Waals surface area contributed by atoms with Gasteiger partial charge in [0.1, 0.15) is 22.6 Å². The third-order valence-electron chi connectivity index (χ3n) is 4.11. The van der Waals surface area contributed by atoms with Gasteiger partial charge in [0, 0.05) is 23.2 Å². The number of nitrogens with two attached hydrogens (primary N) is 1. The van der Waals surface area contributed by atoms with Gasteiger partial charge in [0.15, 0.2) is 5.65 Å². The number of nitriles is 1. The Morgan fingerprint density at radius 1 is 1.31 bits per heavy atom. The number of aromatic nitrogens is 3. The molecule has 3 heterocycles. The molecule has 9 nitrogen and oxygen atoms in total. The molecular formula is C19H19N5O4S. The summed E-state index contributed by atoms with van der Waals surface area (Å²) in [6.45, 7) is 5.53. The molecule has 29 heavy (non-hydrogen) atoms. The highest BCUT2D eigenvalue weighted by molar-refractivity contribution is 7.18. The zero-order valence-electron chi connectivity index (χ0n) is 16.1. The Morgan fingerprint density at radius 2 is 2.07 bits per heavy atom. The van der Waals surface area contributed by atoms with Crippen molar-refractivity contribution < 1.29 is 19.1 Å². The number of fused-ring (bicyclic) bond motifs is 1. The number of carbonyl (C=O) groups excluding carboxylic acids is 2. The average Bonchev–Trinajstić information content (AvgIpc) is 3.26. The number of pyridine rings is 1. The number of nitrogens with zero attached hydrogens (tertiary/aromatic N) is 4. The molecule has 0 aliphatic heterocycles. The lowest BCUT2D eigenvalue weighted by Crippen LogP contribution is -2.10. The quantitative estimate of drug-likeness (QED) is 0.610. The van der Waals surface area contributed by atoms with Crippen LogP contribution in [0.15, 0.2) is 18.5 Å². The molecule has 3 rings (SSSR count). The van der Waals surface area contributed by atoms with Crippen LogP contribution in [-0.4, -0.2) is 33.3 Å². The molecule has 10 heteroatoms. The molecule has 0 spiro atoms. The zero-order valence-corrected chi connectivity index (χ0v) is 16.9. The zero-order chi connectivity index (χ0) is 21.1. The molecule has 0 bridgehead atoms. The second kappa shape index (κ2) is 8.28. The minimum atomic E-state index is -0.639. The van der Waals surface area contributed by atoms with Gasteiger partial charge in [0.05, 0.1) is 23.9 Å². The van der Waals surface area contributed by atoms with Crippen molar-refractivity contribution in [3.8, 4) is 6.07 Å². The minimum absolute atomic E-state index is 0.109. The van der Waals surface area contributed by atoms with Gasteiger partial charge in [0.25, 0.3) is 0 Å². The van der Waals surface area contributed by atoms with Gasteiger partial charge in [-0.25, -0.2) is 19.3 Å². The Balaban J connectivity index is 1.83. The fourth-order valence-corrected chi connectivity index (χ4v) is 3.67. The molecule has 3 aromatic rings. The van der Waals surface area contributed by atoms with Gasteiger partial charge >= 0.3 is 11.9 Å². The maximum atomic E-state index is 12.5. The first kappa shape index (κ1) is 20.3. The fraction of sp³-hybridized carbons (Fsp3) is 0.316. The van der Waals surface area contributed by atoms with E-state index in [-0.39, 0.29) is 45.8 Å². The van der Waals surface area contributed by atoms with Gasteiger partial charge in [-0.1, -0.05) is 0 Å². The van der Waals surface area contributed by atoms with Gasteiger partial charge in [0.2, 0.25) is 0 Å². The van der Waals surface area contributed by atoms with Crippen LogP contribution in [-0.2, 0) is 16.1 Å². The van der Waals surface area contributed by atoms with Crippen molar-refractivity contribution in [3.63, 3.8) is 0 Å². The van der Waals surface area contributed by atoms with Crippen molar-refractivity contribution in [1.82, 2.24) is 14.8 Å². The molecule has 0 aromatic carbocycles. The lowest BCUT2D eigenvalue weighted by atomic mass is 10.1. The van der Waals surface area contributed by atoms with Crippen molar-refractivity contribution in [3.05, 3.63) is 40.0 Å². The average molecular weight is 413 g/mol. The Morgan fingerprint density at radius 3 is 2.72 bits per heavy atom. The number of hydrogen-bond acceptors (Lipinski definition) is 9. The van der Waals surface area contributed by atoms with Crippen molar-refractivity contribution in [1.29, 1.82) is 5.26 Å². The molecule has 0 aliphatic carbocycles. The molecule has 0 fully saturated rings. The predicted molar refractivity (Wildman–Crippen MR) is 106 cm³/mol. The Bertz CT molecular complexity index is 1130. The van der Waals surface area contributed by atoms with Crippen LogP contribution in [0.1, 0.15) is 58.0 Å². The van der Waals surface area contributed by atoms with Crippen LogP contribution < -0.4 is 5.73 Å². The van der Waals surface area contributed by atoms with E-state index in [0.717, 1.165) is 11.3 Å². The van der Waals surface area contributed by atoms with E-state index < -0.39 is 11.9 Å². The number of esters is 2. The topological polar surface area (TPSA) is 133 Å². The largest absolute Gasteiger partial charge is 0.462 e. The van der Waals surface area contributed by atoms with Crippen LogP contribution >= 0.6 is 11.3 Å². The van der Waals surface area contributed by atoms with Crippen LogP contribution in [0.3, 0.4) is 0 Å². The Kier molecular flexibility index (Phi) is 5.79. The van der Waals surface area contributed by atoms with Gasteiger partial charge in [-0.15, -0.1) is 11.3 Å². The first-order valence-corrected chi connectivity index (χ1v) is 9.67. The third kappa shape index (κ3) is 3.90. The third-order valence-corrected chi connectivity index (χ3v) is 5.15. The summed E-state index contributed by atoms with van der Waals surface area (Å²) in [6, 6.07) is 3.71. The Hall–Kier alpha value is -3.45. The fourth-order valence-electron chi connectivity index (χ4n) is 2.76. The van der Waals surface area contributed by atoms with Gasteiger partial charge in [-0.05, 0) is 26.8 Å². The minimum Gasteiger partial charge on any atom is -0.462 e. The van der Waals surface area contributed by atoms with E-state index >= 15 is 0 Å². The number of carbonyl (C=O) groups is 2. The summed E-state index contributed by atoms with van der Waals surface area (Å²) in [5, 5.41) is 14.5. The smallest absolute Gasteiger partial charge is 0.348 e. The number of thiophene rings is 1. The van der Waals surface area contributed by atoms with Gasteiger partial charge in [-0.3, -0.25) is 0 Å². The van der Waals surface area contributed by atoms with Crippen LogP contribution in [0, 0.1) is 11.3 Å². The van der Waals surface area contributed by atoms with E-state index in [1.54, 1.807) is 23.9 Å². The van der Waals surface area contributed by atoms with Crippen LogP contribution in [0.4, 0.5) is 5.00 Å². The van der Waals surface area contributed by atoms with Gasteiger partial charge < -0.3 is 15.2 Å². The maximum absolute atomic E-state index is 12.5. The normalized spacial score (nSPS) is 10.9. The van der Waals surface area contributed by atoms with E-state index in [0.29, 0.717) is 11.0 Å². The van der Waals surface area contributed by atoms with E-state index in [1.807, 2.05) is 19.9 Å². The summed E-state index contributed by atoms with van der Waals surface area (Å²) in [5.41, 5.74) is 7.07. The highest BCUT2D eigenvalue weighted by Gasteiger charge is 2.24. The highest BCUT2D eigenvalue weighted by atomic mass is 32.1. The van der Waals surface area contributed by atoms with Crippen LogP contribution in [0.5, 0.6) is 0 Å². The van der Waals surface area contributed by atoms with Crippen molar-refractivity contribution in [2.24, 2.45) is 0 Å². The van der Waals surface area contributed by atoms with Crippen molar-refractivity contribution in [2.45, 2.75) is 33.4 Å². The molecule has 0 saturated heterocycles. The summed E-state index contributed by atoms with van der Waals surface area (Å²) in [4.78, 5) is 29.1. The molecule has 0 saturated carbocycles. The summed E-state index contributed by atoms with van der Waals surface area (Å²) >= 11 is 0.934. The lowest BCUT2D eigenvalue weighted by molar-refractivity contribution is 0.0452. The molecule has 3 aromatic heterocycles. The van der Waals surface area contributed by atoms with E-state index in [1.165, 1.54) is 6.20 Å². The SMILES string of the molecule is CCOC(=O)c1sc(N)c(C#N)c1COC(=O)c1cnc2c(cnn2C(C)C)c1. The number of rotatable bonds is 6. The van der Waals surface area contributed by atoms with Crippen LogP contribution in [0.2, 0.25) is 0 Å². The van der Waals surface area contributed by atoms with Crippen LogP contribution in [0.25, 0.3) is 11.0 Å². The molecule has 0 atom stereocenters. The first-order chi connectivity index (χ1) is 13.9. The first-order valence-electron chi connectivity index (χ1n) is 8.86. The summed E-state index contributed by atoms with van der Waals surface area (Å²) in [5.74, 6) is -1.25. The molecule has 0 aliphatic rings. The second-order valence-electron chi connectivity index (χ2n) is 6.38. The molecule has 0 unspecified atom stereocenters. The predicted octanol–water partition coefficient (Wildman–Crippen LogP) is 3.06. The van der Waals surface area contributed by atoms with Gasteiger partial charge in [-0.2, -0.15) is 10.4 Å².